The molecule has 16 heavy (non-hydrogen) atoms. The summed E-state index contributed by atoms with van der Waals surface area (Å²) in [4.78, 5) is 0. The number of aromatic nitrogens is 2. The van der Waals surface area contributed by atoms with Gasteiger partial charge >= 0.3 is 0 Å². The van der Waals surface area contributed by atoms with Crippen molar-refractivity contribution in [1.29, 1.82) is 0 Å². The number of hydrogen-bond acceptors (Lipinski definition) is 3. The van der Waals surface area contributed by atoms with Crippen LogP contribution in [0.5, 0.6) is 0 Å². The summed E-state index contributed by atoms with van der Waals surface area (Å²) in [6, 6.07) is 1.84. The molecule has 0 saturated carbocycles. The first kappa shape index (κ1) is 13.5. The van der Waals surface area contributed by atoms with Crippen molar-refractivity contribution < 1.29 is 8.42 Å². The van der Waals surface area contributed by atoms with Gasteiger partial charge < -0.3 is 0 Å². The Labute approximate surface area is 101 Å². The fourth-order valence-electron chi connectivity index (χ4n) is 1.22. The molecule has 0 radical (unpaired) electrons. The summed E-state index contributed by atoms with van der Waals surface area (Å²) >= 11 is 5.43. The van der Waals surface area contributed by atoms with Crippen LogP contribution in [0.25, 0.3) is 0 Å². The smallest absolute Gasteiger partial charge is 0.211 e. The van der Waals surface area contributed by atoms with Crippen molar-refractivity contribution in [1.82, 2.24) is 14.5 Å². The van der Waals surface area contributed by atoms with E-state index in [0.717, 1.165) is 6.42 Å². The molecule has 0 unspecified atom stereocenters. The lowest BCUT2D eigenvalue weighted by Crippen LogP contribution is -2.28. The number of nitrogens with zero attached hydrogens (tertiary/aromatic N) is 2. The van der Waals surface area contributed by atoms with Crippen molar-refractivity contribution in [3.05, 3.63) is 18.5 Å². The maximum absolute atomic E-state index is 11.4. The minimum absolute atomic E-state index is 0.0955. The Kier molecular flexibility index (Phi) is 5.79. The summed E-state index contributed by atoms with van der Waals surface area (Å²) in [5.41, 5.74) is 0. The van der Waals surface area contributed by atoms with E-state index in [4.69, 9.17) is 11.6 Å². The molecule has 5 nitrogen and oxygen atoms in total. The van der Waals surface area contributed by atoms with E-state index in [0.29, 0.717) is 25.4 Å². The second-order valence-electron chi connectivity index (χ2n) is 3.38. The van der Waals surface area contributed by atoms with Crippen molar-refractivity contribution in [2.75, 3.05) is 18.2 Å². The van der Waals surface area contributed by atoms with Gasteiger partial charge in [0.15, 0.2) is 0 Å². The maximum atomic E-state index is 11.4. The molecular formula is C9H16ClN3O2S. The summed E-state index contributed by atoms with van der Waals surface area (Å²) in [5.74, 6) is 0.465. The highest BCUT2D eigenvalue weighted by Crippen LogP contribution is 1.93. The van der Waals surface area contributed by atoms with E-state index >= 15 is 0 Å². The first-order valence-corrected chi connectivity index (χ1v) is 7.33. The van der Waals surface area contributed by atoms with E-state index in [-0.39, 0.29) is 5.75 Å². The summed E-state index contributed by atoms with van der Waals surface area (Å²) in [5, 5.41) is 4.02. The van der Waals surface area contributed by atoms with Gasteiger partial charge in [0.2, 0.25) is 10.0 Å². The van der Waals surface area contributed by atoms with Crippen molar-refractivity contribution >= 4 is 21.6 Å². The molecule has 1 heterocycles. The zero-order chi connectivity index (χ0) is 11.9. The molecule has 0 atom stereocenters. The average Bonchev–Trinajstić information content (AvgIpc) is 2.75. The second-order valence-corrected chi connectivity index (χ2v) is 5.68. The molecule has 0 fully saturated rings. The molecule has 0 spiro atoms. The molecule has 0 aliphatic rings. The quantitative estimate of drug-likeness (QED) is 0.559. The number of alkyl halides is 1. The fourth-order valence-corrected chi connectivity index (χ4v) is 2.63. The third kappa shape index (κ3) is 5.48. The Morgan fingerprint density at radius 2 is 2.19 bits per heavy atom. The summed E-state index contributed by atoms with van der Waals surface area (Å²) in [6.07, 6.45) is 4.75. The molecule has 0 aliphatic heterocycles. The Balaban J connectivity index is 2.15. The predicted molar refractivity (Wildman–Crippen MR) is 64.0 cm³/mol. The van der Waals surface area contributed by atoms with Gasteiger partial charge in [0.25, 0.3) is 0 Å². The van der Waals surface area contributed by atoms with Gasteiger partial charge in [-0.1, -0.05) is 0 Å². The van der Waals surface area contributed by atoms with Gasteiger partial charge in [-0.15, -0.1) is 11.6 Å². The zero-order valence-corrected chi connectivity index (χ0v) is 10.5. The SMILES string of the molecule is O=S(=O)(CCCCl)NCCCn1cccn1. The van der Waals surface area contributed by atoms with E-state index in [9.17, 15) is 8.42 Å². The van der Waals surface area contributed by atoms with Gasteiger partial charge in [-0.2, -0.15) is 5.10 Å². The highest BCUT2D eigenvalue weighted by molar-refractivity contribution is 7.89. The first-order valence-electron chi connectivity index (χ1n) is 5.15. The number of hydrogen-bond donors (Lipinski definition) is 1. The Morgan fingerprint density at radius 3 is 2.81 bits per heavy atom. The highest BCUT2D eigenvalue weighted by Gasteiger charge is 2.07. The Bertz CT molecular complexity index is 377. The lowest BCUT2D eigenvalue weighted by atomic mass is 10.4. The van der Waals surface area contributed by atoms with Crippen molar-refractivity contribution in [3.63, 3.8) is 0 Å². The molecule has 1 rings (SSSR count). The molecule has 1 aromatic heterocycles. The van der Waals surface area contributed by atoms with Crippen LogP contribution in [0.2, 0.25) is 0 Å². The van der Waals surface area contributed by atoms with Crippen molar-refractivity contribution in [2.24, 2.45) is 0 Å². The Hall–Kier alpha value is -0.590. The molecule has 92 valence electrons. The molecule has 0 aliphatic carbocycles. The van der Waals surface area contributed by atoms with E-state index in [1.807, 2.05) is 12.3 Å². The van der Waals surface area contributed by atoms with Gasteiger partial charge in [-0.25, -0.2) is 13.1 Å². The van der Waals surface area contributed by atoms with Crippen LogP contribution in [0, 0.1) is 0 Å². The minimum atomic E-state index is -3.15. The maximum Gasteiger partial charge on any atom is 0.211 e. The van der Waals surface area contributed by atoms with E-state index in [1.54, 1.807) is 10.9 Å². The number of nitrogens with one attached hydrogen (secondary N) is 1. The van der Waals surface area contributed by atoms with Gasteiger partial charge in [-0.05, 0) is 18.9 Å². The van der Waals surface area contributed by atoms with Crippen molar-refractivity contribution in [2.45, 2.75) is 19.4 Å². The third-order valence-electron chi connectivity index (χ3n) is 1.99. The van der Waals surface area contributed by atoms with Crippen molar-refractivity contribution in [3.8, 4) is 0 Å². The number of aryl methyl sites for hydroxylation is 1. The van der Waals surface area contributed by atoms with Gasteiger partial charge in [0.1, 0.15) is 0 Å². The van der Waals surface area contributed by atoms with Crippen LogP contribution >= 0.6 is 11.6 Å². The van der Waals surface area contributed by atoms with Crippen LogP contribution in [-0.2, 0) is 16.6 Å². The van der Waals surface area contributed by atoms with Crippen LogP contribution in [0.4, 0.5) is 0 Å². The van der Waals surface area contributed by atoms with E-state index in [2.05, 4.69) is 9.82 Å². The monoisotopic (exact) mass is 265 g/mol. The third-order valence-corrected chi connectivity index (χ3v) is 3.73. The summed E-state index contributed by atoms with van der Waals surface area (Å²) in [6.45, 7) is 1.15. The molecule has 1 aromatic rings. The molecule has 1 N–H and O–H groups in total. The lowest BCUT2D eigenvalue weighted by Gasteiger charge is -2.05. The van der Waals surface area contributed by atoms with Crippen LogP contribution in [0.15, 0.2) is 18.5 Å². The largest absolute Gasteiger partial charge is 0.273 e. The lowest BCUT2D eigenvalue weighted by molar-refractivity contribution is 0.552. The number of rotatable bonds is 8. The summed E-state index contributed by atoms with van der Waals surface area (Å²) in [7, 11) is -3.15. The summed E-state index contributed by atoms with van der Waals surface area (Å²) < 4.78 is 27.0. The average molecular weight is 266 g/mol. The number of sulfonamides is 1. The van der Waals surface area contributed by atoms with Crippen LogP contribution < -0.4 is 4.72 Å². The van der Waals surface area contributed by atoms with Crippen LogP contribution in [0.3, 0.4) is 0 Å². The number of halogens is 1. The molecule has 0 amide bonds. The molecule has 0 bridgehead atoms. The topological polar surface area (TPSA) is 64.0 Å². The fraction of sp³-hybridized carbons (Fsp3) is 0.667. The first-order chi connectivity index (χ1) is 7.64. The highest BCUT2D eigenvalue weighted by atomic mass is 35.5. The zero-order valence-electron chi connectivity index (χ0n) is 8.97. The molecular weight excluding hydrogens is 250 g/mol. The molecule has 7 heteroatoms. The molecule has 0 aromatic carbocycles. The minimum Gasteiger partial charge on any atom is -0.273 e. The van der Waals surface area contributed by atoms with Crippen LogP contribution in [-0.4, -0.2) is 36.4 Å². The van der Waals surface area contributed by atoms with Gasteiger partial charge in [0, 0.05) is 31.4 Å². The second kappa shape index (κ2) is 6.88. The van der Waals surface area contributed by atoms with E-state index in [1.165, 1.54) is 0 Å². The normalized spacial score (nSPS) is 11.8. The Morgan fingerprint density at radius 1 is 1.38 bits per heavy atom. The van der Waals surface area contributed by atoms with Gasteiger partial charge in [0.05, 0.1) is 5.75 Å². The molecule has 0 saturated heterocycles. The predicted octanol–water partition coefficient (Wildman–Crippen LogP) is 0.821. The van der Waals surface area contributed by atoms with E-state index < -0.39 is 10.0 Å². The standard InChI is InChI=1S/C9H16ClN3O2S/c10-4-1-9-16(14,15)12-6-3-8-13-7-2-5-11-13/h2,5,7,12H,1,3-4,6,8-9H2. The van der Waals surface area contributed by atoms with Gasteiger partial charge in [-0.3, -0.25) is 4.68 Å². The van der Waals surface area contributed by atoms with Crippen LogP contribution in [0.1, 0.15) is 12.8 Å².